The molecule has 5 nitrogen and oxygen atoms in total. The lowest BCUT2D eigenvalue weighted by molar-refractivity contribution is -0.118. The summed E-state index contributed by atoms with van der Waals surface area (Å²) in [7, 11) is 0. The van der Waals surface area contributed by atoms with Gasteiger partial charge in [0.2, 0.25) is 0 Å². The molecular weight excluding hydrogens is 305 g/mol. The van der Waals surface area contributed by atoms with Crippen LogP contribution >= 0.6 is 0 Å². The predicted molar refractivity (Wildman–Crippen MR) is 91.4 cm³/mol. The fraction of sp³-hybridized carbons (Fsp3) is 0.222. The molecule has 6 heteroatoms. The Labute approximate surface area is 141 Å². The lowest BCUT2D eigenvalue weighted by atomic mass is 9.64. The van der Waals surface area contributed by atoms with Crippen LogP contribution in [0.3, 0.4) is 0 Å². The van der Waals surface area contributed by atoms with Crippen LogP contribution in [0.15, 0.2) is 36.4 Å². The summed E-state index contributed by atoms with van der Waals surface area (Å²) in [6, 6.07) is 10.7. The molecule has 0 amide bonds. The summed E-state index contributed by atoms with van der Waals surface area (Å²) in [4.78, 5) is 14.5. The minimum Gasteiger partial charge on any atom is -0.483 e. The normalized spacial score (nSPS) is 12.5. The highest BCUT2D eigenvalue weighted by Gasteiger charge is 2.23. The SMILES string of the molecule is [C-]#[N+]c1ccc(Oc2ccc3c(c2)COB3C)c(OCC(C)=O)c1. The molecule has 1 heterocycles. The third-order valence-corrected chi connectivity index (χ3v) is 3.76. The first kappa shape index (κ1) is 16.1. The number of benzene rings is 2. The zero-order chi connectivity index (χ0) is 17.1. The van der Waals surface area contributed by atoms with E-state index in [1.807, 2.05) is 25.0 Å². The molecule has 0 saturated carbocycles. The Morgan fingerprint density at radius 3 is 2.88 bits per heavy atom. The fourth-order valence-electron chi connectivity index (χ4n) is 2.54. The number of Topliss-reactive ketones (excluding diaryl/α,β-unsaturated/α-hetero) is 1. The van der Waals surface area contributed by atoms with Gasteiger partial charge in [0, 0.05) is 0 Å². The van der Waals surface area contributed by atoms with Gasteiger partial charge in [0.1, 0.15) is 12.4 Å². The van der Waals surface area contributed by atoms with E-state index < -0.39 is 0 Å². The van der Waals surface area contributed by atoms with E-state index in [1.165, 1.54) is 12.4 Å². The van der Waals surface area contributed by atoms with Gasteiger partial charge in [0.25, 0.3) is 0 Å². The molecule has 0 unspecified atom stereocenters. The molecule has 2 aromatic carbocycles. The Balaban J connectivity index is 1.86. The number of ketones is 1. The molecule has 0 atom stereocenters. The third-order valence-electron chi connectivity index (χ3n) is 3.76. The van der Waals surface area contributed by atoms with E-state index in [0.717, 1.165) is 5.56 Å². The molecule has 0 bridgehead atoms. The smallest absolute Gasteiger partial charge is 0.324 e. The second-order valence-electron chi connectivity index (χ2n) is 5.65. The molecule has 0 aromatic heterocycles. The largest absolute Gasteiger partial charge is 0.483 e. The van der Waals surface area contributed by atoms with Crippen LogP contribution in [0.5, 0.6) is 17.2 Å². The second-order valence-corrected chi connectivity index (χ2v) is 5.65. The lowest BCUT2D eigenvalue weighted by Crippen LogP contribution is -2.23. The topological polar surface area (TPSA) is 49.1 Å². The van der Waals surface area contributed by atoms with Gasteiger partial charge in [0.05, 0.1) is 13.2 Å². The van der Waals surface area contributed by atoms with Gasteiger partial charge in [-0.25, -0.2) is 4.85 Å². The van der Waals surface area contributed by atoms with Crippen molar-refractivity contribution in [3.8, 4) is 17.2 Å². The van der Waals surface area contributed by atoms with Crippen LogP contribution in [0.1, 0.15) is 12.5 Å². The Morgan fingerprint density at radius 1 is 1.29 bits per heavy atom. The molecule has 24 heavy (non-hydrogen) atoms. The number of hydrogen-bond donors (Lipinski definition) is 0. The van der Waals surface area contributed by atoms with Gasteiger partial charge in [-0.05, 0) is 42.2 Å². The first-order valence-electron chi connectivity index (χ1n) is 7.63. The molecule has 0 N–H and O–H groups in total. The Morgan fingerprint density at radius 2 is 2.12 bits per heavy atom. The summed E-state index contributed by atoms with van der Waals surface area (Å²) in [5.74, 6) is 1.41. The highest BCUT2D eigenvalue weighted by Crippen LogP contribution is 2.35. The van der Waals surface area contributed by atoms with Crippen LogP contribution < -0.4 is 14.9 Å². The van der Waals surface area contributed by atoms with Crippen LogP contribution in [-0.2, 0) is 16.1 Å². The van der Waals surface area contributed by atoms with Gasteiger partial charge in [-0.3, -0.25) is 4.79 Å². The summed E-state index contributed by atoms with van der Waals surface area (Å²) in [6.07, 6.45) is 0. The van der Waals surface area contributed by atoms with Gasteiger partial charge >= 0.3 is 6.92 Å². The van der Waals surface area contributed by atoms with Gasteiger partial charge in [0.15, 0.2) is 23.0 Å². The third kappa shape index (κ3) is 3.42. The van der Waals surface area contributed by atoms with Crippen LogP contribution in [-0.4, -0.2) is 19.3 Å². The van der Waals surface area contributed by atoms with Crippen molar-refractivity contribution in [3.05, 3.63) is 53.4 Å². The molecule has 1 aliphatic rings. The van der Waals surface area contributed by atoms with E-state index in [0.29, 0.717) is 29.5 Å². The molecule has 0 aliphatic carbocycles. The summed E-state index contributed by atoms with van der Waals surface area (Å²) in [5.41, 5.74) is 2.69. The summed E-state index contributed by atoms with van der Waals surface area (Å²) < 4.78 is 17.0. The van der Waals surface area contributed by atoms with Crippen LogP contribution in [0.2, 0.25) is 6.82 Å². The zero-order valence-electron chi connectivity index (χ0n) is 13.5. The quantitative estimate of drug-likeness (QED) is 0.626. The predicted octanol–water partition coefficient (Wildman–Crippen LogP) is 3.36. The molecular formula is C18H16BNO4. The summed E-state index contributed by atoms with van der Waals surface area (Å²) >= 11 is 0. The Hall–Kier alpha value is -2.78. The maximum Gasteiger partial charge on any atom is 0.324 e. The van der Waals surface area contributed by atoms with Crippen LogP contribution in [0, 0.1) is 6.57 Å². The molecule has 0 spiro atoms. The molecule has 120 valence electrons. The van der Waals surface area contributed by atoms with Gasteiger partial charge in [-0.1, -0.05) is 19.0 Å². The molecule has 0 fully saturated rings. The van der Waals surface area contributed by atoms with Gasteiger partial charge in [-0.2, -0.15) is 0 Å². The van der Waals surface area contributed by atoms with Crippen molar-refractivity contribution in [2.45, 2.75) is 20.4 Å². The first-order valence-corrected chi connectivity index (χ1v) is 7.63. The van der Waals surface area contributed by atoms with Crippen molar-refractivity contribution in [1.29, 1.82) is 0 Å². The molecule has 1 aliphatic heterocycles. The van der Waals surface area contributed by atoms with E-state index in [1.54, 1.807) is 18.2 Å². The molecule has 0 saturated heterocycles. The molecule has 3 rings (SSSR count). The van der Waals surface area contributed by atoms with Gasteiger partial charge < -0.3 is 14.1 Å². The lowest BCUT2D eigenvalue weighted by Gasteiger charge is -2.13. The van der Waals surface area contributed by atoms with Crippen LogP contribution in [0.4, 0.5) is 5.69 Å². The summed E-state index contributed by atoms with van der Waals surface area (Å²) in [5, 5.41) is 0. The number of carbonyl (C=O) groups is 1. The number of carbonyl (C=O) groups excluding carboxylic acids is 1. The van der Waals surface area contributed by atoms with Crippen molar-refractivity contribution < 1.29 is 18.9 Å². The average Bonchev–Trinajstić information content (AvgIpc) is 2.94. The Kier molecular flexibility index (Phi) is 4.54. The number of fused-ring (bicyclic) bond motifs is 1. The minimum absolute atomic E-state index is 0.0621. The van der Waals surface area contributed by atoms with E-state index in [-0.39, 0.29) is 19.3 Å². The number of hydrogen-bond acceptors (Lipinski definition) is 4. The van der Waals surface area contributed by atoms with E-state index >= 15 is 0 Å². The second kappa shape index (κ2) is 6.77. The fourth-order valence-corrected chi connectivity index (χ4v) is 2.54. The highest BCUT2D eigenvalue weighted by atomic mass is 16.5. The Bertz CT molecular complexity index is 828. The van der Waals surface area contributed by atoms with Crippen molar-refractivity contribution in [1.82, 2.24) is 0 Å². The molecule has 0 radical (unpaired) electrons. The van der Waals surface area contributed by atoms with E-state index in [4.69, 9.17) is 20.7 Å². The highest BCUT2D eigenvalue weighted by molar-refractivity contribution is 6.67. The van der Waals surface area contributed by atoms with E-state index in [9.17, 15) is 4.79 Å². The molecule has 2 aromatic rings. The zero-order valence-corrected chi connectivity index (χ0v) is 13.5. The number of nitrogens with zero attached hydrogens (tertiary/aromatic N) is 1. The van der Waals surface area contributed by atoms with Crippen LogP contribution in [0.25, 0.3) is 4.85 Å². The number of rotatable bonds is 5. The van der Waals surface area contributed by atoms with Crippen molar-refractivity contribution in [2.75, 3.05) is 6.61 Å². The van der Waals surface area contributed by atoms with Crippen molar-refractivity contribution in [3.63, 3.8) is 0 Å². The van der Waals surface area contributed by atoms with Crippen molar-refractivity contribution in [2.24, 2.45) is 0 Å². The standard InChI is InChI=1S/C18H16BNO4/c1-12(21)10-22-18-9-14(20-3)4-7-17(18)24-15-5-6-16-13(8-15)11-23-19(16)2/h4-9H,10-11H2,1-2H3. The maximum atomic E-state index is 11.2. The van der Waals surface area contributed by atoms with Gasteiger partial charge in [-0.15, -0.1) is 0 Å². The minimum atomic E-state index is -0.0992. The first-order chi connectivity index (χ1) is 11.6. The summed E-state index contributed by atoms with van der Waals surface area (Å²) in [6.45, 7) is 11.2. The van der Waals surface area contributed by atoms with E-state index in [2.05, 4.69) is 4.85 Å². The maximum absolute atomic E-state index is 11.2. The van der Waals surface area contributed by atoms with Crippen molar-refractivity contribution >= 4 is 23.8 Å². The average molecular weight is 321 g/mol. The number of ether oxygens (including phenoxy) is 2. The monoisotopic (exact) mass is 321 g/mol.